The first kappa shape index (κ1) is 19.2. The summed E-state index contributed by atoms with van der Waals surface area (Å²) in [6, 6.07) is 12.9. The van der Waals surface area contributed by atoms with Crippen molar-refractivity contribution in [3.05, 3.63) is 52.5 Å². The Balaban J connectivity index is 0.00000109. The Morgan fingerprint density at radius 3 is 2.36 bits per heavy atom. The van der Waals surface area contributed by atoms with E-state index in [1.165, 1.54) is 0 Å². The van der Waals surface area contributed by atoms with Crippen LogP contribution in [0.15, 0.2) is 46.9 Å². The zero-order valence-electron chi connectivity index (χ0n) is 15.2. The molecule has 0 aliphatic rings. The van der Waals surface area contributed by atoms with Gasteiger partial charge in [0, 0.05) is 15.6 Å². The van der Waals surface area contributed by atoms with Crippen molar-refractivity contribution in [1.29, 1.82) is 0 Å². The fourth-order valence-corrected chi connectivity index (χ4v) is 3.13. The lowest BCUT2D eigenvalue weighted by Gasteiger charge is -2.25. The van der Waals surface area contributed by atoms with E-state index in [0.717, 1.165) is 15.5 Å². The van der Waals surface area contributed by atoms with Gasteiger partial charge in [-0.1, -0.05) is 48.0 Å². The molecule has 1 heterocycles. The minimum Gasteiger partial charge on any atom is -0.478 e. The van der Waals surface area contributed by atoms with E-state index < -0.39 is 5.97 Å². The number of rotatable bonds is 2. The van der Waals surface area contributed by atoms with Crippen LogP contribution in [0.4, 0.5) is 0 Å². The summed E-state index contributed by atoms with van der Waals surface area (Å²) in [7, 11) is 0. The SMILES string of the molecule is CC.CC(C)(C)n1c(-c2ccccc2C(=O)O)nc2cc(Br)ccc21. The Morgan fingerprint density at radius 1 is 1.12 bits per heavy atom. The number of carboxylic acid groups (broad SMARTS) is 1. The van der Waals surface area contributed by atoms with Crippen LogP contribution < -0.4 is 0 Å². The molecule has 0 aliphatic carbocycles. The molecule has 0 aliphatic heterocycles. The molecule has 3 aromatic rings. The molecule has 0 atom stereocenters. The number of nitrogens with zero attached hydrogens (tertiary/aromatic N) is 2. The van der Waals surface area contributed by atoms with Gasteiger partial charge in [-0.25, -0.2) is 9.78 Å². The van der Waals surface area contributed by atoms with Gasteiger partial charge >= 0.3 is 5.97 Å². The molecule has 2 aromatic carbocycles. The maximum atomic E-state index is 11.6. The Kier molecular flexibility index (Phi) is 5.68. The van der Waals surface area contributed by atoms with Crippen LogP contribution in [-0.2, 0) is 5.54 Å². The molecule has 3 rings (SSSR count). The second kappa shape index (κ2) is 7.40. The van der Waals surface area contributed by atoms with Crippen molar-refractivity contribution in [3.63, 3.8) is 0 Å². The van der Waals surface area contributed by atoms with Crippen molar-refractivity contribution in [2.75, 3.05) is 0 Å². The van der Waals surface area contributed by atoms with Crippen LogP contribution in [0.25, 0.3) is 22.4 Å². The summed E-state index contributed by atoms with van der Waals surface area (Å²) in [6.45, 7) is 10.3. The summed E-state index contributed by atoms with van der Waals surface area (Å²) >= 11 is 3.47. The van der Waals surface area contributed by atoms with Crippen molar-refractivity contribution < 1.29 is 9.90 Å². The fourth-order valence-electron chi connectivity index (χ4n) is 2.78. The molecule has 5 heteroatoms. The zero-order chi connectivity index (χ0) is 18.8. The highest BCUT2D eigenvalue weighted by molar-refractivity contribution is 9.10. The maximum Gasteiger partial charge on any atom is 0.336 e. The molecule has 0 amide bonds. The lowest BCUT2D eigenvalue weighted by Crippen LogP contribution is -2.23. The Labute approximate surface area is 156 Å². The number of aromatic carboxylic acids is 1. The predicted octanol–water partition coefficient (Wildman–Crippen LogP) is 5.95. The molecule has 25 heavy (non-hydrogen) atoms. The summed E-state index contributed by atoms with van der Waals surface area (Å²) < 4.78 is 3.04. The first-order valence-electron chi connectivity index (χ1n) is 8.30. The molecule has 1 N–H and O–H groups in total. The summed E-state index contributed by atoms with van der Waals surface area (Å²) in [5, 5.41) is 9.50. The van der Waals surface area contributed by atoms with Crippen molar-refractivity contribution in [2.45, 2.75) is 40.2 Å². The quantitative estimate of drug-likeness (QED) is 0.576. The number of carbonyl (C=O) groups is 1. The first-order chi connectivity index (χ1) is 11.8. The Hall–Kier alpha value is -2.14. The van der Waals surface area contributed by atoms with E-state index in [2.05, 4.69) is 41.3 Å². The number of hydrogen-bond acceptors (Lipinski definition) is 2. The molecule has 0 bridgehead atoms. The average Bonchev–Trinajstić information content (AvgIpc) is 2.95. The second-order valence-corrected chi connectivity index (χ2v) is 7.34. The number of imidazole rings is 1. The van der Waals surface area contributed by atoms with Crippen LogP contribution in [0.2, 0.25) is 0 Å². The van der Waals surface area contributed by atoms with E-state index in [4.69, 9.17) is 4.98 Å². The monoisotopic (exact) mass is 402 g/mol. The fraction of sp³-hybridized carbons (Fsp3) is 0.300. The smallest absolute Gasteiger partial charge is 0.336 e. The van der Waals surface area contributed by atoms with Gasteiger partial charge in [0.1, 0.15) is 5.82 Å². The van der Waals surface area contributed by atoms with E-state index in [0.29, 0.717) is 11.4 Å². The number of hydrogen-bond donors (Lipinski definition) is 1. The highest BCUT2D eigenvalue weighted by atomic mass is 79.9. The van der Waals surface area contributed by atoms with Crippen molar-refractivity contribution >= 4 is 32.9 Å². The third-order valence-electron chi connectivity index (χ3n) is 3.69. The number of fused-ring (bicyclic) bond motifs is 1. The standard InChI is InChI=1S/C18H17BrN2O2.C2H6/c1-18(2,3)21-15-9-8-11(19)10-14(15)20-16(21)12-6-4-5-7-13(12)17(22)23;1-2/h4-10H,1-3H3,(H,22,23);1-2H3. The molecule has 0 saturated heterocycles. The summed E-state index contributed by atoms with van der Waals surface area (Å²) in [5.74, 6) is -0.280. The van der Waals surface area contributed by atoms with Gasteiger partial charge in [-0.15, -0.1) is 0 Å². The van der Waals surface area contributed by atoms with Crippen molar-refractivity contribution in [3.8, 4) is 11.4 Å². The summed E-state index contributed by atoms with van der Waals surface area (Å²) in [5.41, 5.74) is 2.47. The largest absolute Gasteiger partial charge is 0.478 e. The van der Waals surface area contributed by atoms with Gasteiger partial charge in [-0.2, -0.15) is 0 Å². The zero-order valence-corrected chi connectivity index (χ0v) is 16.8. The molecule has 0 unspecified atom stereocenters. The molecule has 4 nitrogen and oxygen atoms in total. The van der Waals surface area contributed by atoms with Crippen LogP contribution in [0, 0.1) is 0 Å². The van der Waals surface area contributed by atoms with Crippen LogP contribution >= 0.6 is 15.9 Å². The summed E-state index contributed by atoms with van der Waals surface area (Å²) in [6.07, 6.45) is 0. The number of benzene rings is 2. The van der Waals surface area contributed by atoms with Gasteiger partial charge in [0.15, 0.2) is 0 Å². The van der Waals surface area contributed by atoms with E-state index in [9.17, 15) is 9.90 Å². The van der Waals surface area contributed by atoms with Crippen LogP contribution in [0.5, 0.6) is 0 Å². The van der Waals surface area contributed by atoms with Gasteiger partial charge in [-0.3, -0.25) is 0 Å². The molecule has 0 radical (unpaired) electrons. The van der Waals surface area contributed by atoms with Crippen molar-refractivity contribution in [1.82, 2.24) is 9.55 Å². The predicted molar refractivity (Wildman–Crippen MR) is 106 cm³/mol. The normalized spacial score (nSPS) is 11.1. The average molecular weight is 403 g/mol. The Morgan fingerprint density at radius 2 is 1.76 bits per heavy atom. The molecular formula is C20H23BrN2O2. The summed E-state index contributed by atoms with van der Waals surface area (Å²) in [4.78, 5) is 16.3. The minimum absolute atomic E-state index is 0.233. The van der Waals surface area contributed by atoms with E-state index in [1.54, 1.807) is 12.1 Å². The highest BCUT2D eigenvalue weighted by Gasteiger charge is 2.25. The van der Waals surface area contributed by atoms with Gasteiger partial charge in [0.25, 0.3) is 0 Å². The van der Waals surface area contributed by atoms with Crippen molar-refractivity contribution in [2.24, 2.45) is 0 Å². The first-order valence-corrected chi connectivity index (χ1v) is 9.09. The third-order valence-corrected chi connectivity index (χ3v) is 4.18. The van der Waals surface area contributed by atoms with Gasteiger partial charge in [0.05, 0.1) is 16.6 Å². The van der Waals surface area contributed by atoms with Crippen LogP contribution in [0.3, 0.4) is 0 Å². The van der Waals surface area contributed by atoms with Crippen LogP contribution in [0.1, 0.15) is 45.0 Å². The topological polar surface area (TPSA) is 55.1 Å². The molecule has 0 spiro atoms. The number of aromatic nitrogens is 2. The lowest BCUT2D eigenvalue weighted by atomic mass is 10.0. The molecule has 0 saturated carbocycles. The van der Waals surface area contributed by atoms with E-state index in [-0.39, 0.29) is 11.1 Å². The lowest BCUT2D eigenvalue weighted by molar-refractivity contribution is 0.0697. The molecule has 1 aromatic heterocycles. The third kappa shape index (κ3) is 3.76. The molecule has 0 fully saturated rings. The Bertz CT molecular complexity index is 908. The molecule has 132 valence electrons. The number of halogens is 1. The number of carboxylic acids is 1. The van der Waals surface area contributed by atoms with E-state index >= 15 is 0 Å². The highest BCUT2D eigenvalue weighted by Crippen LogP contribution is 2.33. The second-order valence-electron chi connectivity index (χ2n) is 6.43. The van der Waals surface area contributed by atoms with E-state index in [1.807, 2.05) is 44.2 Å². The van der Waals surface area contributed by atoms with Crippen LogP contribution in [-0.4, -0.2) is 20.6 Å². The maximum absolute atomic E-state index is 11.6. The van der Waals surface area contributed by atoms with Gasteiger partial charge < -0.3 is 9.67 Å². The molecular weight excluding hydrogens is 380 g/mol. The van der Waals surface area contributed by atoms with Gasteiger partial charge in [0.2, 0.25) is 0 Å². The van der Waals surface area contributed by atoms with Gasteiger partial charge in [-0.05, 0) is 45.0 Å². The minimum atomic E-state index is -0.950.